The van der Waals surface area contributed by atoms with Crippen LogP contribution in [0.25, 0.3) is 0 Å². The molecule has 0 aliphatic carbocycles. The fourth-order valence-electron chi connectivity index (χ4n) is 1.15. The summed E-state index contributed by atoms with van der Waals surface area (Å²) in [6.07, 6.45) is 0.206. The SMILES string of the molecule is COCc1ccccc1OC(C)C. The quantitative estimate of drug-likeness (QED) is 0.709. The standard InChI is InChI=1S/C11H16O2/c1-9(2)13-11-7-5-4-6-10(11)8-12-3/h4-7,9H,8H2,1-3H3. The lowest BCUT2D eigenvalue weighted by Gasteiger charge is -2.13. The molecule has 1 rings (SSSR count). The van der Waals surface area contributed by atoms with E-state index < -0.39 is 0 Å². The number of para-hydroxylation sites is 1. The van der Waals surface area contributed by atoms with E-state index in [1.807, 2.05) is 38.1 Å². The van der Waals surface area contributed by atoms with Crippen LogP contribution >= 0.6 is 0 Å². The average molecular weight is 180 g/mol. The van der Waals surface area contributed by atoms with Gasteiger partial charge in [-0.25, -0.2) is 0 Å². The monoisotopic (exact) mass is 180 g/mol. The molecular weight excluding hydrogens is 164 g/mol. The van der Waals surface area contributed by atoms with Crippen LogP contribution in [0.15, 0.2) is 24.3 Å². The van der Waals surface area contributed by atoms with Crippen molar-refractivity contribution in [1.29, 1.82) is 0 Å². The van der Waals surface area contributed by atoms with Crippen LogP contribution in [0.1, 0.15) is 19.4 Å². The molecule has 0 aromatic heterocycles. The Labute approximate surface area is 79.5 Å². The van der Waals surface area contributed by atoms with E-state index in [-0.39, 0.29) is 6.10 Å². The summed E-state index contributed by atoms with van der Waals surface area (Å²) in [4.78, 5) is 0. The van der Waals surface area contributed by atoms with E-state index in [1.54, 1.807) is 7.11 Å². The number of benzene rings is 1. The van der Waals surface area contributed by atoms with Crippen molar-refractivity contribution in [3.63, 3.8) is 0 Å². The van der Waals surface area contributed by atoms with Crippen LogP contribution < -0.4 is 4.74 Å². The number of hydrogen-bond acceptors (Lipinski definition) is 2. The highest BCUT2D eigenvalue weighted by Crippen LogP contribution is 2.19. The van der Waals surface area contributed by atoms with Crippen LogP contribution in [0.5, 0.6) is 5.75 Å². The van der Waals surface area contributed by atoms with Crippen molar-refractivity contribution in [2.75, 3.05) is 7.11 Å². The highest BCUT2D eigenvalue weighted by atomic mass is 16.5. The van der Waals surface area contributed by atoms with Gasteiger partial charge in [0, 0.05) is 12.7 Å². The smallest absolute Gasteiger partial charge is 0.125 e. The summed E-state index contributed by atoms with van der Waals surface area (Å²) < 4.78 is 10.7. The van der Waals surface area contributed by atoms with Gasteiger partial charge >= 0.3 is 0 Å². The minimum Gasteiger partial charge on any atom is -0.491 e. The van der Waals surface area contributed by atoms with Crippen molar-refractivity contribution in [3.8, 4) is 5.75 Å². The molecule has 0 aliphatic heterocycles. The van der Waals surface area contributed by atoms with Crippen molar-refractivity contribution in [1.82, 2.24) is 0 Å². The molecule has 0 amide bonds. The third-order valence-corrected chi connectivity index (χ3v) is 1.64. The van der Waals surface area contributed by atoms with E-state index >= 15 is 0 Å². The zero-order valence-corrected chi connectivity index (χ0v) is 8.41. The Bertz CT molecular complexity index is 256. The molecule has 0 heterocycles. The Morgan fingerprint density at radius 1 is 1.23 bits per heavy atom. The zero-order valence-electron chi connectivity index (χ0n) is 8.41. The largest absolute Gasteiger partial charge is 0.491 e. The molecule has 72 valence electrons. The summed E-state index contributed by atoms with van der Waals surface area (Å²) in [7, 11) is 1.69. The van der Waals surface area contributed by atoms with Gasteiger partial charge in [0.25, 0.3) is 0 Å². The Hall–Kier alpha value is -1.02. The van der Waals surface area contributed by atoms with E-state index in [2.05, 4.69) is 0 Å². The first-order chi connectivity index (χ1) is 6.24. The average Bonchev–Trinajstić information content (AvgIpc) is 2.08. The van der Waals surface area contributed by atoms with Crippen molar-refractivity contribution < 1.29 is 9.47 Å². The predicted molar refractivity (Wildman–Crippen MR) is 52.9 cm³/mol. The third-order valence-electron chi connectivity index (χ3n) is 1.64. The lowest BCUT2D eigenvalue weighted by molar-refractivity contribution is 0.174. The van der Waals surface area contributed by atoms with E-state index in [4.69, 9.17) is 9.47 Å². The molecule has 0 atom stereocenters. The molecule has 0 unspecified atom stereocenters. The summed E-state index contributed by atoms with van der Waals surface area (Å²) in [6.45, 7) is 4.63. The first kappa shape index (κ1) is 10.1. The van der Waals surface area contributed by atoms with Gasteiger partial charge in [0.15, 0.2) is 0 Å². The van der Waals surface area contributed by atoms with Crippen molar-refractivity contribution >= 4 is 0 Å². The molecule has 0 radical (unpaired) electrons. The molecule has 0 N–H and O–H groups in total. The fraction of sp³-hybridized carbons (Fsp3) is 0.455. The van der Waals surface area contributed by atoms with Gasteiger partial charge in [-0.2, -0.15) is 0 Å². The Balaban J connectivity index is 2.78. The van der Waals surface area contributed by atoms with Gasteiger partial charge in [-0.3, -0.25) is 0 Å². The van der Waals surface area contributed by atoms with Crippen LogP contribution in [-0.4, -0.2) is 13.2 Å². The van der Waals surface area contributed by atoms with Crippen LogP contribution in [0.2, 0.25) is 0 Å². The van der Waals surface area contributed by atoms with Gasteiger partial charge in [-0.05, 0) is 19.9 Å². The molecule has 0 bridgehead atoms. The van der Waals surface area contributed by atoms with Gasteiger partial charge in [0.1, 0.15) is 5.75 Å². The van der Waals surface area contributed by atoms with Gasteiger partial charge in [-0.1, -0.05) is 18.2 Å². The summed E-state index contributed by atoms with van der Waals surface area (Å²) in [5, 5.41) is 0. The normalized spacial score (nSPS) is 10.5. The highest BCUT2D eigenvalue weighted by molar-refractivity contribution is 5.32. The van der Waals surface area contributed by atoms with Gasteiger partial charge in [0.05, 0.1) is 12.7 Å². The predicted octanol–water partition coefficient (Wildman–Crippen LogP) is 2.62. The second-order valence-corrected chi connectivity index (χ2v) is 3.21. The third kappa shape index (κ3) is 3.07. The molecule has 0 saturated carbocycles. The molecule has 0 aliphatic rings. The second kappa shape index (κ2) is 4.87. The first-order valence-electron chi connectivity index (χ1n) is 4.47. The van der Waals surface area contributed by atoms with E-state index in [0.29, 0.717) is 6.61 Å². The molecule has 0 spiro atoms. The summed E-state index contributed by atoms with van der Waals surface area (Å²) in [5.41, 5.74) is 1.10. The molecule has 1 aromatic carbocycles. The number of rotatable bonds is 4. The first-order valence-corrected chi connectivity index (χ1v) is 4.47. The van der Waals surface area contributed by atoms with Gasteiger partial charge < -0.3 is 9.47 Å². The lowest BCUT2D eigenvalue weighted by Crippen LogP contribution is -2.07. The van der Waals surface area contributed by atoms with Crippen LogP contribution in [0, 0.1) is 0 Å². The van der Waals surface area contributed by atoms with Crippen LogP contribution in [-0.2, 0) is 11.3 Å². The van der Waals surface area contributed by atoms with Gasteiger partial charge in [0.2, 0.25) is 0 Å². The minimum absolute atomic E-state index is 0.206. The molecule has 0 fully saturated rings. The topological polar surface area (TPSA) is 18.5 Å². The van der Waals surface area contributed by atoms with E-state index in [1.165, 1.54) is 0 Å². The molecule has 2 nitrogen and oxygen atoms in total. The minimum atomic E-state index is 0.206. The molecule has 13 heavy (non-hydrogen) atoms. The maximum Gasteiger partial charge on any atom is 0.125 e. The van der Waals surface area contributed by atoms with E-state index in [0.717, 1.165) is 11.3 Å². The zero-order chi connectivity index (χ0) is 9.68. The number of ether oxygens (including phenoxy) is 2. The maximum absolute atomic E-state index is 5.62. The second-order valence-electron chi connectivity index (χ2n) is 3.21. The Morgan fingerprint density at radius 3 is 2.54 bits per heavy atom. The summed E-state index contributed by atoms with van der Waals surface area (Å²) >= 11 is 0. The molecule has 1 aromatic rings. The van der Waals surface area contributed by atoms with E-state index in [9.17, 15) is 0 Å². The molecule has 2 heteroatoms. The van der Waals surface area contributed by atoms with Crippen LogP contribution in [0.4, 0.5) is 0 Å². The Kier molecular flexibility index (Phi) is 3.77. The summed E-state index contributed by atoms with van der Waals surface area (Å²) in [6, 6.07) is 7.94. The summed E-state index contributed by atoms with van der Waals surface area (Å²) in [5.74, 6) is 0.916. The number of methoxy groups -OCH3 is 1. The maximum atomic E-state index is 5.62. The van der Waals surface area contributed by atoms with Crippen molar-refractivity contribution in [3.05, 3.63) is 29.8 Å². The molecular formula is C11H16O2. The Morgan fingerprint density at radius 2 is 1.92 bits per heavy atom. The van der Waals surface area contributed by atoms with Crippen molar-refractivity contribution in [2.24, 2.45) is 0 Å². The number of hydrogen-bond donors (Lipinski definition) is 0. The molecule has 0 saturated heterocycles. The highest BCUT2D eigenvalue weighted by Gasteiger charge is 2.03. The van der Waals surface area contributed by atoms with Gasteiger partial charge in [-0.15, -0.1) is 0 Å². The van der Waals surface area contributed by atoms with Crippen LogP contribution in [0.3, 0.4) is 0 Å². The lowest BCUT2D eigenvalue weighted by atomic mass is 10.2. The fourth-order valence-corrected chi connectivity index (χ4v) is 1.15. The van der Waals surface area contributed by atoms with Crippen molar-refractivity contribution in [2.45, 2.75) is 26.6 Å².